The van der Waals surface area contributed by atoms with Crippen LogP contribution in [0.4, 0.5) is 31.1 Å². The number of piperidine rings is 1. The van der Waals surface area contributed by atoms with E-state index in [2.05, 4.69) is 10.2 Å². The number of rotatable bonds is 13. The molecule has 0 aromatic heterocycles. The van der Waals surface area contributed by atoms with Gasteiger partial charge >= 0.3 is 30.4 Å². The Hall–Kier alpha value is -3.48. The van der Waals surface area contributed by atoms with Crippen LogP contribution in [0.15, 0.2) is 24.3 Å². The minimum Gasteiger partial charge on any atom is -0.475 e. The second-order valence-electron chi connectivity index (χ2n) is 11.1. The molecule has 0 bridgehead atoms. The summed E-state index contributed by atoms with van der Waals surface area (Å²) in [7, 11) is 0. The van der Waals surface area contributed by atoms with Crippen LogP contribution in [0.1, 0.15) is 62.4 Å². The van der Waals surface area contributed by atoms with Gasteiger partial charge in [0.2, 0.25) is 0 Å². The van der Waals surface area contributed by atoms with Crippen molar-refractivity contribution in [3.63, 3.8) is 0 Å². The largest absolute Gasteiger partial charge is 0.490 e. The molecule has 1 aliphatic heterocycles. The third-order valence-electron chi connectivity index (χ3n) is 5.78. The van der Waals surface area contributed by atoms with E-state index in [-0.39, 0.29) is 5.78 Å². The van der Waals surface area contributed by atoms with Crippen molar-refractivity contribution in [1.82, 2.24) is 10.2 Å². The van der Waals surface area contributed by atoms with Gasteiger partial charge in [-0.1, -0.05) is 24.3 Å². The van der Waals surface area contributed by atoms with Crippen LogP contribution < -0.4 is 11.1 Å². The van der Waals surface area contributed by atoms with Crippen molar-refractivity contribution in [3.05, 3.63) is 35.4 Å². The number of benzene rings is 1. The number of carboxylic acid groups (broad SMARTS) is 2. The van der Waals surface area contributed by atoms with E-state index in [0.717, 1.165) is 38.0 Å². The molecule has 0 radical (unpaired) electrons. The number of halogens is 6. The number of hydrogen-bond acceptors (Lipinski definition) is 9. The number of amides is 1. The van der Waals surface area contributed by atoms with Gasteiger partial charge in [0.1, 0.15) is 5.60 Å². The van der Waals surface area contributed by atoms with Gasteiger partial charge in [-0.15, -0.1) is 0 Å². The fourth-order valence-electron chi connectivity index (χ4n) is 3.51. The maximum atomic E-state index is 12.4. The maximum Gasteiger partial charge on any atom is 0.490 e. The lowest BCUT2D eigenvalue weighted by Crippen LogP contribution is -2.39. The number of nitrogens with one attached hydrogen (secondary N) is 1. The molecule has 18 heteroatoms. The van der Waals surface area contributed by atoms with Crippen molar-refractivity contribution in [2.45, 2.75) is 77.0 Å². The second kappa shape index (κ2) is 21.4. The van der Waals surface area contributed by atoms with Crippen LogP contribution in [0, 0.1) is 0 Å². The molecule has 0 aliphatic carbocycles. The zero-order valence-corrected chi connectivity index (χ0v) is 26.4. The molecule has 0 saturated carbocycles. The Morgan fingerprint density at radius 3 is 1.77 bits per heavy atom. The molecule has 1 amide bonds. The number of aliphatic carboxylic acids is 2. The normalized spacial score (nSPS) is 14.2. The number of ether oxygens (including phenoxy) is 3. The van der Waals surface area contributed by atoms with Crippen molar-refractivity contribution >= 4 is 23.8 Å². The molecule has 12 nitrogen and oxygen atoms in total. The SMILES string of the molecule is CC(C)(C)OC(=O)NCCOCCOCCCC(=O)c1ccc(CN2CCC(N)CC2)cc1.O=C(O)C(F)(F)F.O=C(O)C(F)(F)F. The van der Waals surface area contributed by atoms with Gasteiger partial charge in [0, 0.05) is 37.7 Å². The van der Waals surface area contributed by atoms with E-state index in [0.29, 0.717) is 51.9 Å². The van der Waals surface area contributed by atoms with E-state index in [1.807, 2.05) is 45.0 Å². The molecule has 1 aromatic carbocycles. The highest BCUT2D eigenvalue weighted by atomic mass is 19.4. The molecule has 5 N–H and O–H groups in total. The Morgan fingerprint density at radius 1 is 0.851 bits per heavy atom. The standard InChI is InChI=1S/C25H41N3O5.2C2HF3O2/c1-25(2,3)33-24(30)27-12-16-32-18-17-31-15-4-5-23(29)21-8-6-20(7-9-21)19-28-13-10-22(26)11-14-28;2*3-2(4,5)1(6)7/h6-9,22H,4-5,10-19,26H2,1-3H3,(H,27,30);2*(H,6,7). The molecular formula is C29H43F6N3O9. The number of nitrogens with zero attached hydrogens (tertiary/aromatic N) is 1. The van der Waals surface area contributed by atoms with Crippen LogP contribution in [0.5, 0.6) is 0 Å². The summed E-state index contributed by atoms with van der Waals surface area (Å²) in [6, 6.07) is 8.28. The summed E-state index contributed by atoms with van der Waals surface area (Å²) in [4.78, 5) is 44.1. The molecule has 270 valence electrons. The average molecular weight is 692 g/mol. The molecule has 1 fully saturated rings. The van der Waals surface area contributed by atoms with E-state index >= 15 is 0 Å². The number of nitrogens with two attached hydrogens (primary N) is 1. The molecule has 1 aliphatic rings. The topological polar surface area (TPSA) is 178 Å². The summed E-state index contributed by atoms with van der Waals surface area (Å²) in [5.41, 5.74) is 7.43. The van der Waals surface area contributed by atoms with E-state index in [1.165, 1.54) is 5.56 Å². The van der Waals surface area contributed by atoms with Crippen LogP contribution in [-0.4, -0.2) is 109 Å². The van der Waals surface area contributed by atoms with Gasteiger partial charge in [-0.25, -0.2) is 14.4 Å². The van der Waals surface area contributed by atoms with Crippen molar-refractivity contribution in [3.8, 4) is 0 Å². The number of Topliss-reactive ketones (excluding diaryl/α,β-unsaturated/α-hetero) is 1. The number of alkyl carbamates (subject to hydrolysis) is 1. The third kappa shape index (κ3) is 23.5. The zero-order chi connectivity index (χ0) is 36.3. The summed E-state index contributed by atoms with van der Waals surface area (Å²) in [5, 5.41) is 16.9. The lowest BCUT2D eigenvalue weighted by atomic mass is 10.0. The van der Waals surface area contributed by atoms with Crippen molar-refractivity contribution < 1.29 is 69.9 Å². The fraction of sp³-hybridized carbons (Fsp3) is 0.655. The summed E-state index contributed by atoms with van der Waals surface area (Å²) < 4.78 is 79.5. The molecule has 2 rings (SSSR count). The van der Waals surface area contributed by atoms with Crippen LogP contribution in [0.3, 0.4) is 0 Å². The number of alkyl halides is 6. The fourth-order valence-corrected chi connectivity index (χ4v) is 3.51. The Kier molecular flexibility index (Phi) is 19.8. The van der Waals surface area contributed by atoms with Crippen LogP contribution in [0.25, 0.3) is 0 Å². The Labute approximate surface area is 268 Å². The van der Waals surface area contributed by atoms with E-state index in [4.69, 9.17) is 39.7 Å². The predicted molar refractivity (Wildman–Crippen MR) is 156 cm³/mol. The first kappa shape index (κ1) is 43.5. The van der Waals surface area contributed by atoms with Gasteiger partial charge in [-0.2, -0.15) is 26.3 Å². The van der Waals surface area contributed by atoms with Crippen LogP contribution in [0.2, 0.25) is 0 Å². The Bertz CT molecular complexity index is 1060. The van der Waals surface area contributed by atoms with E-state index < -0.39 is 36.0 Å². The second-order valence-corrected chi connectivity index (χ2v) is 11.1. The maximum absolute atomic E-state index is 12.4. The molecule has 0 atom stereocenters. The lowest BCUT2D eigenvalue weighted by Gasteiger charge is -2.30. The van der Waals surface area contributed by atoms with Gasteiger partial charge in [0.05, 0.1) is 19.8 Å². The minimum atomic E-state index is -5.08. The van der Waals surface area contributed by atoms with E-state index in [1.54, 1.807) is 0 Å². The first-order chi connectivity index (χ1) is 21.6. The van der Waals surface area contributed by atoms with Crippen molar-refractivity contribution in [2.75, 3.05) is 46.1 Å². The quantitative estimate of drug-likeness (QED) is 0.131. The number of carbonyl (C=O) groups excluding carboxylic acids is 2. The Morgan fingerprint density at radius 2 is 1.32 bits per heavy atom. The highest BCUT2D eigenvalue weighted by Crippen LogP contribution is 2.15. The predicted octanol–water partition coefficient (Wildman–Crippen LogP) is 4.40. The molecule has 1 aromatic rings. The van der Waals surface area contributed by atoms with Gasteiger partial charge < -0.3 is 35.5 Å². The third-order valence-corrected chi connectivity index (χ3v) is 5.78. The molecular weight excluding hydrogens is 648 g/mol. The Balaban J connectivity index is 0.00000126. The summed E-state index contributed by atoms with van der Waals surface area (Å²) in [5.74, 6) is -5.38. The van der Waals surface area contributed by atoms with Crippen LogP contribution in [-0.2, 0) is 30.3 Å². The summed E-state index contributed by atoms with van der Waals surface area (Å²) in [6.45, 7) is 10.6. The summed E-state index contributed by atoms with van der Waals surface area (Å²) in [6.07, 6.45) is -7.38. The molecule has 1 heterocycles. The highest BCUT2D eigenvalue weighted by molar-refractivity contribution is 5.96. The van der Waals surface area contributed by atoms with Gasteiger partial charge in [-0.3, -0.25) is 9.69 Å². The van der Waals surface area contributed by atoms with Crippen molar-refractivity contribution in [1.29, 1.82) is 0 Å². The van der Waals surface area contributed by atoms with Gasteiger partial charge in [0.25, 0.3) is 0 Å². The van der Waals surface area contributed by atoms with Crippen molar-refractivity contribution in [2.24, 2.45) is 5.73 Å². The number of ketones is 1. The lowest BCUT2D eigenvalue weighted by molar-refractivity contribution is -0.193. The number of hydrogen-bond donors (Lipinski definition) is 4. The zero-order valence-electron chi connectivity index (χ0n) is 26.4. The number of likely N-dealkylation sites (tertiary alicyclic amines) is 1. The molecule has 0 spiro atoms. The minimum absolute atomic E-state index is 0.138. The number of carboxylic acids is 2. The first-order valence-corrected chi connectivity index (χ1v) is 14.4. The first-order valence-electron chi connectivity index (χ1n) is 14.4. The van der Waals surface area contributed by atoms with Crippen LogP contribution >= 0.6 is 0 Å². The smallest absolute Gasteiger partial charge is 0.475 e. The summed E-state index contributed by atoms with van der Waals surface area (Å²) >= 11 is 0. The van der Waals surface area contributed by atoms with Gasteiger partial charge in [-0.05, 0) is 58.7 Å². The molecule has 47 heavy (non-hydrogen) atoms. The van der Waals surface area contributed by atoms with Gasteiger partial charge in [0.15, 0.2) is 5.78 Å². The highest BCUT2D eigenvalue weighted by Gasteiger charge is 2.38. The molecule has 1 saturated heterocycles. The number of carbonyl (C=O) groups is 4. The average Bonchev–Trinajstić information content (AvgIpc) is 2.94. The molecule has 0 unspecified atom stereocenters. The van der Waals surface area contributed by atoms with E-state index in [9.17, 15) is 35.9 Å². The monoisotopic (exact) mass is 691 g/mol.